The summed E-state index contributed by atoms with van der Waals surface area (Å²) in [6.45, 7) is 3.75. The van der Waals surface area contributed by atoms with Gasteiger partial charge < -0.3 is 16.8 Å². The zero-order valence-corrected chi connectivity index (χ0v) is 10.8. The molecule has 2 rings (SSSR count). The van der Waals surface area contributed by atoms with E-state index in [9.17, 15) is 0 Å². The largest absolute Gasteiger partial charge is 0.381 e. The Morgan fingerprint density at radius 2 is 1.37 bits per heavy atom. The fourth-order valence-electron chi connectivity index (χ4n) is 2.06. The topological polar surface area (TPSA) is 64.1 Å². The first-order valence-corrected chi connectivity index (χ1v) is 6.25. The van der Waals surface area contributed by atoms with Crippen LogP contribution >= 0.6 is 0 Å². The van der Waals surface area contributed by atoms with Gasteiger partial charge in [-0.1, -0.05) is 61.2 Å². The Labute approximate surface area is 113 Å². The summed E-state index contributed by atoms with van der Waals surface area (Å²) < 4.78 is 0. The molecule has 0 saturated carbocycles. The Bertz CT molecular complexity index is 517. The number of benzene rings is 2. The first-order valence-electron chi connectivity index (χ1n) is 6.25. The van der Waals surface area contributed by atoms with Gasteiger partial charge in [0.1, 0.15) is 0 Å². The van der Waals surface area contributed by atoms with Crippen LogP contribution in [-0.4, -0.2) is 0 Å². The molecule has 0 spiro atoms. The third kappa shape index (κ3) is 3.22. The standard InChI is InChI=1S/C16H19N3/c1-2-19-15(12-6-4-3-5-7-12)13-8-10-14(11-9-13)16(17)18/h2-11,15-16,19H,1,17-18H2. The summed E-state index contributed by atoms with van der Waals surface area (Å²) in [6, 6.07) is 18.3. The molecule has 19 heavy (non-hydrogen) atoms. The molecule has 3 heteroatoms. The van der Waals surface area contributed by atoms with Crippen LogP contribution in [0.1, 0.15) is 28.9 Å². The molecule has 1 unspecified atom stereocenters. The maximum absolute atomic E-state index is 5.66. The van der Waals surface area contributed by atoms with Crippen molar-refractivity contribution >= 4 is 0 Å². The van der Waals surface area contributed by atoms with E-state index in [1.807, 2.05) is 42.5 Å². The van der Waals surface area contributed by atoms with E-state index in [1.165, 1.54) is 5.56 Å². The Morgan fingerprint density at radius 1 is 0.842 bits per heavy atom. The number of hydrogen-bond acceptors (Lipinski definition) is 3. The molecule has 0 aliphatic heterocycles. The zero-order valence-electron chi connectivity index (χ0n) is 10.8. The van der Waals surface area contributed by atoms with Crippen LogP contribution in [0.3, 0.4) is 0 Å². The van der Waals surface area contributed by atoms with E-state index in [-0.39, 0.29) is 6.04 Å². The maximum Gasteiger partial charge on any atom is 0.0784 e. The molecule has 0 saturated heterocycles. The van der Waals surface area contributed by atoms with Crippen molar-refractivity contribution in [2.24, 2.45) is 11.5 Å². The van der Waals surface area contributed by atoms with Crippen molar-refractivity contribution in [3.05, 3.63) is 84.1 Å². The smallest absolute Gasteiger partial charge is 0.0784 e. The van der Waals surface area contributed by atoms with Crippen LogP contribution in [0, 0.1) is 0 Å². The molecule has 0 radical (unpaired) electrons. The van der Waals surface area contributed by atoms with Crippen LogP contribution in [0.5, 0.6) is 0 Å². The summed E-state index contributed by atoms with van der Waals surface area (Å²) in [7, 11) is 0. The molecule has 0 bridgehead atoms. The van der Waals surface area contributed by atoms with Gasteiger partial charge in [-0.15, -0.1) is 0 Å². The van der Waals surface area contributed by atoms with Gasteiger partial charge in [0.15, 0.2) is 0 Å². The number of hydrogen-bond donors (Lipinski definition) is 3. The minimum Gasteiger partial charge on any atom is -0.381 e. The average Bonchev–Trinajstić information content (AvgIpc) is 2.46. The Hall–Kier alpha value is -2.10. The van der Waals surface area contributed by atoms with Crippen LogP contribution in [0.15, 0.2) is 67.4 Å². The van der Waals surface area contributed by atoms with Crippen LogP contribution < -0.4 is 16.8 Å². The van der Waals surface area contributed by atoms with E-state index in [2.05, 4.69) is 24.0 Å². The highest BCUT2D eigenvalue weighted by Gasteiger charge is 2.12. The van der Waals surface area contributed by atoms with E-state index >= 15 is 0 Å². The van der Waals surface area contributed by atoms with Crippen LogP contribution in [0.25, 0.3) is 0 Å². The van der Waals surface area contributed by atoms with Gasteiger partial charge in [-0.25, -0.2) is 0 Å². The highest BCUT2D eigenvalue weighted by Crippen LogP contribution is 2.22. The summed E-state index contributed by atoms with van der Waals surface area (Å²) in [5.41, 5.74) is 14.6. The molecule has 0 aliphatic rings. The molecule has 0 aromatic heterocycles. The van der Waals surface area contributed by atoms with Crippen molar-refractivity contribution in [3.63, 3.8) is 0 Å². The predicted octanol–water partition coefficient (Wildman–Crippen LogP) is 2.43. The highest BCUT2D eigenvalue weighted by molar-refractivity contribution is 5.34. The minimum atomic E-state index is -0.434. The first-order chi connectivity index (χ1) is 9.22. The van der Waals surface area contributed by atoms with Gasteiger partial charge in [-0.05, 0) is 22.9 Å². The van der Waals surface area contributed by atoms with Gasteiger partial charge >= 0.3 is 0 Å². The summed E-state index contributed by atoms with van der Waals surface area (Å²) in [5.74, 6) is 0. The van der Waals surface area contributed by atoms with E-state index in [1.54, 1.807) is 6.20 Å². The number of rotatable bonds is 5. The van der Waals surface area contributed by atoms with Gasteiger partial charge in [-0.2, -0.15) is 0 Å². The molecule has 5 N–H and O–H groups in total. The normalized spacial score (nSPS) is 12.2. The lowest BCUT2D eigenvalue weighted by molar-refractivity contribution is 0.726. The van der Waals surface area contributed by atoms with Crippen molar-refractivity contribution in [1.82, 2.24) is 5.32 Å². The number of nitrogens with two attached hydrogens (primary N) is 2. The third-order valence-electron chi connectivity index (χ3n) is 3.07. The fourth-order valence-corrected chi connectivity index (χ4v) is 2.06. The van der Waals surface area contributed by atoms with Gasteiger partial charge in [0.05, 0.1) is 12.2 Å². The molecule has 98 valence electrons. The lowest BCUT2D eigenvalue weighted by Crippen LogP contribution is -2.20. The van der Waals surface area contributed by atoms with E-state index in [0.29, 0.717) is 0 Å². The van der Waals surface area contributed by atoms with E-state index in [0.717, 1.165) is 11.1 Å². The van der Waals surface area contributed by atoms with Crippen LogP contribution in [0.4, 0.5) is 0 Å². The Morgan fingerprint density at radius 3 is 1.89 bits per heavy atom. The van der Waals surface area contributed by atoms with Gasteiger partial charge in [0.2, 0.25) is 0 Å². The maximum atomic E-state index is 5.66. The SMILES string of the molecule is C=CNC(c1ccccc1)c1ccc(C(N)N)cc1. The lowest BCUT2D eigenvalue weighted by atomic mass is 9.97. The van der Waals surface area contributed by atoms with Crippen LogP contribution in [-0.2, 0) is 0 Å². The second kappa shape index (κ2) is 6.18. The summed E-state index contributed by atoms with van der Waals surface area (Å²) >= 11 is 0. The molecule has 2 aromatic rings. The Kier molecular flexibility index (Phi) is 4.34. The monoisotopic (exact) mass is 253 g/mol. The zero-order chi connectivity index (χ0) is 13.7. The van der Waals surface area contributed by atoms with Crippen molar-refractivity contribution in [1.29, 1.82) is 0 Å². The van der Waals surface area contributed by atoms with Gasteiger partial charge in [-0.3, -0.25) is 0 Å². The Balaban J connectivity index is 2.31. The third-order valence-corrected chi connectivity index (χ3v) is 3.07. The average molecular weight is 253 g/mol. The molecule has 0 heterocycles. The van der Waals surface area contributed by atoms with Crippen molar-refractivity contribution in [3.8, 4) is 0 Å². The molecular formula is C16H19N3. The summed E-state index contributed by atoms with van der Waals surface area (Å²) in [4.78, 5) is 0. The van der Waals surface area contributed by atoms with Gasteiger partial charge in [0.25, 0.3) is 0 Å². The summed E-state index contributed by atoms with van der Waals surface area (Å²) in [5, 5.41) is 3.27. The fraction of sp³-hybridized carbons (Fsp3) is 0.125. The van der Waals surface area contributed by atoms with Crippen molar-refractivity contribution in [2.75, 3.05) is 0 Å². The molecule has 1 atom stereocenters. The molecular weight excluding hydrogens is 234 g/mol. The first kappa shape index (κ1) is 13.3. The molecule has 0 amide bonds. The van der Waals surface area contributed by atoms with Crippen LogP contribution in [0.2, 0.25) is 0 Å². The number of nitrogens with one attached hydrogen (secondary N) is 1. The molecule has 0 aliphatic carbocycles. The van der Waals surface area contributed by atoms with E-state index < -0.39 is 6.17 Å². The quantitative estimate of drug-likeness (QED) is 0.717. The van der Waals surface area contributed by atoms with E-state index in [4.69, 9.17) is 11.5 Å². The second-order valence-electron chi connectivity index (χ2n) is 4.41. The summed E-state index contributed by atoms with van der Waals surface area (Å²) in [6.07, 6.45) is 1.27. The molecule has 2 aromatic carbocycles. The highest BCUT2D eigenvalue weighted by atomic mass is 14.9. The van der Waals surface area contributed by atoms with Crippen molar-refractivity contribution in [2.45, 2.75) is 12.2 Å². The molecule has 3 nitrogen and oxygen atoms in total. The molecule has 0 fully saturated rings. The predicted molar refractivity (Wildman–Crippen MR) is 79.2 cm³/mol. The lowest BCUT2D eigenvalue weighted by Gasteiger charge is -2.19. The minimum absolute atomic E-state index is 0.0850. The second-order valence-corrected chi connectivity index (χ2v) is 4.41. The van der Waals surface area contributed by atoms with Gasteiger partial charge in [0, 0.05) is 0 Å². The van der Waals surface area contributed by atoms with Crippen molar-refractivity contribution < 1.29 is 0 Å².